The van der Waals surface area contributed by atoms with Crippen LogP contribution in [0.1, 0.15) is 29.8 Å². The molecule has 6 nitrogen and oxygen atoms in total. The van der Waals surface area contributed by atoms with Gasteiger partial charge in [0.15, 0.2) is 12.4 Å². The molecule has 2 rings (SSSR count). The van der Waals surface area contributed by atoms with Crippen LogP contribution in [0.3, 0.4) is 0 Å². The molecule has 0 fully saturated rings. The SMILES string of the molecule is CC(=O)Nc1cccc(NC(=O)COc2ccc(C(C)=O)cc2)c1C. The zero-order valence-electron chi connectivity index (χ0n) is 14.4. The lowest BCUT2D eigenvalue weighted by molar-refractivity contribution is -0.118. The zero-order chi connectivity index (χ0) is 18.4. The molecule has 2 N–H and O–H groups in total. The first-order valence-corrected chi connectivity index (χ1v) is 7.77. The first-order valence-electron chi connectivity index (χ1n) is 7.77. The maximum atomic E-state index is 12.1. The molecule has 0 aliphatic carbocycles. The first kappa shape index (κ1) is 18.2. The molecule has 0 saturated carbocycles. The number of ketones is 1. The number of anilines is 2. The highest BCUT2D eigenvalue weighted by Crippen LogP contribution is 2.23. The molecule has 0 bridgehead atoms. The van der Waals surface area contributed by atoms with Crippen molar-refractivity contribution in [3.05, 3.63) is 53.6 Å². The largest absolute Gasteiger partial charge is 0.484 e. The predicted octanol–water partition coefficient (Wildman–Crippen LogP) is 3.17. The summed E-state index contributed by atoms with van der Waals surface area (Å²) in [6, 6.07) is 11.8. The number of nitrogens with one attached hydrogen (secondary N) is 2. The van der Waals surface area contributed by atoms with E-state index in [0.29, 0.717) is 22.7 Å². The zero-order valence-corrected chi connectivity index (χ0v) is 14.4. The minimum absolute atomic E-state index is 0.0289. The summed E-state index contributed by atoms with van der Waals surface area (Å²) in [5.74, 6) is -0.0228. The van der Waals surface area contributed by atoms with Crippen LogP contribution in [0.15, 0.2) is 42.5 Å². The van der Waals surface area contributed by atoms with Crippen LogP contribution in [-0.4, -0.2) is 24.2 Å². The fourth-order valence-electron chi connectivity index (χ4n) is 2.22. The van der Waals surface area contributed by atoms with Gasteiger partial charge in [-0.2, -0.15) is 0 Å². The summed E-state index contributed by atoms with van der Waals surface area (Å²) in [5.41, 5.74) is 2.59. The number of hydrogen-bond acceptors (Lipinski definition) is 4. The first-order chi connectivity index (χ1) is 11.9. The Bertz CT molecular complexity index is 798. The van der Waals surface area contributed by atoms with E-state index in [1.54, 1.807) is 42.5 Å². The molecule has 2 aromatic rings. The summed E-state index contributed by atoms with van der Waals surface area (Å²) in [5, 5.41) is 5.46. The molecule has 0 unspecified atom stereocenters. The van der Waals surface area contributed by atoms with Crippen molar-refractivity contribution >= 4 is 29.0 Å². The van der Waals surface area contributed by atoms with Crippen LogP contribution in [-0.2, 0) is 9.59 Å². The Morgan fingerprint density at radius 1 is 0.920 bits per heavy atom. The number of amides is 2. The third-order valence-electron chi connectivity index (χ3n) is 3.55. The van der Waals surface area contributed by atoms with Gasteiger partial charge in [-0.25, -0.2) is 0 Å². The predicted molar refractivity (Wildman–Crippen MR) is 96.1 cm³/mol. The molecule has 2 aromatic carbocycles. The topological polar surface area (TPSA) is 84.5 Å². The van der Waals surface area contributed by atoms with Crippen LogP contribution < -0.4 is 15.4 Å². The van der Waals surface area contributed by atoms with Gasteiger partial charge in [-0.1, -0.05) is 6.07 Å². The van der Waals surface area contributed by atoms with Gasteiger partial charge in [-0.15, -0.1) is 0 Å². The molecule has 130 valence electrons. The quantitative estimate of drug-likeness (QED) is 0.791. The molecule has 0 spiro atoms. The molecule has 0 aromatic heterocycles. The van der Waals surface area contributed by atoms with Gasteiger partial charge in [-0.3, -0.25) is 14.4 Å². The van der Waals surface area contributed by atoms with Gasteiger partial charge in [0.05, 0.1) is 0 Å². The lowest BCUT2D eigenvalue weighted by Crippen LogP contribution is -2.21. The Kier molecular flexibility index (Phi) is 5.89. The van der Waals surface area contributed by atoms with Gasteiger partial charge in [0.25, 0.3) is 5.91 Å². The highest BCUT2D eigenvalue weighted by atomic mass is 16.5. The Hall–Kier alpha value is -3.15. The summed E-state index contributed by atoms with van der Waals surface area (Å²) in [6.45, 7) is 4.56. The minimum Gasteiger partial charge on any atom is -0.484 e. The van der Waals surface area contributed by atoms with Crippen LogP contribution >= 0.6 is 0 Å². The van der Waals surface area contributed by atoms with Crippen molar-refractivity contribution in [2.24, 2.45) is 0 Å². The highest BCUT2D eigenvalue weighted by molar-refractivity contribution is 5.96. The Morgan fingerprint density at radius 2 is 1.52 bits per heavy atom. The number of ether oxygens (including phenoxy) is 1. The van der Waals surface area contributed by atoms with E-state index in [0.717, 1.165) is 5.56 Å². The average Bonchev–Trinajstić information content (AvgIpc) is 2.56. The van der Waals surface area contributed by atoms with Gasteiger partial charge >= 0.3 is 0 Å². The minimum atomic E-state index is -0.321. The number of Topliss-reactive ketones (excluding diaryl/α,β-unsaturated/α-hetero) is 1. The van der Waals surface area contributed by atoms with Gasteiger partial charge < -0.3 is 15.4 Å². The Balaban J connectivity index is 1.96. The molecule has 0 radical (unpaired) electrons. The van der Waals surface area contributed by atoms with Gasteiger partial charge in [0, 0.05) is 23.9 Å². The van der Waals surface area contributed by atoms with E-state index >= 15 is 0 Å². The van der Waals surface area contributed by atoms with Crippen LogP contribution in [0.2, 0.25) is 0 Å². The fraction of sp³-hybridized carbons (Fsp3) is 0.211. The van der Waals surface area contributed by atoms with Crippen molar-refractivity contribution in [1.29, 1.82) is 0 Å². The molecular formula is C19H20N2O4. The van der Waals surface area contributed by atoms with Crippen LogP contribution in [0.25, 0.3) is 0 Å². The summed E-state index contributed by atoms with van der Waals surface area (Å²) in [6.07, 6.45) is 0. The van der Waals surface area contributed by atoms with Crippen molar-refractivity contribution in [3.8, 4) is 5.75 Å². The van der Waals surface area contributed by atoms with Crippen LogP contribution in [0, 0.1) is 6.92 Å². The summed E-state index contributed by atoms with van der Waals surface area (Å²) >= 11 is 0. The van der Waals surface area contributed by atoms with Crippen molar-refractivity contribution in [3.63, 3.8) is 0 Å². The average molecular weight is 340 g/mol. The summed E-state index contributed by atoms with van der Waals surface area (Å²) in [7, 11) is 0. The van der Waals surface area contributed by atoms with Gasteiger partial charge in [0.1, 0.15) is 5.75 Å². The van der Waals surface area contributed by atoms with E-state index in [2.05, 4.69) is 10.6 Å². The number of carbonyl (C=O) groups excluding carboxylic acids is 3. The number of benzene rings is 2. The third-order valence-corrected chi connectivity index (χ3v) is 3.55. The molecule has 0 aliphatic rings. The number of carbonyl (C=O) groups is 3. The van der Waals surface area contributed by atoms with E-state index < -0.39 is 0 Å². The summed E-state index contributed by atoms with van der Waals surface area (Å²) in [4.78, 5) is 34.5. The number of hydrogen-bond donors (Lipinski definition) is 2. The second kappa shape index (κ2) is 8.10. The molecule has 0 saturated heterocycles. The molecule has 0 aliphatic heterocycles. The van der Waals surface area contributed by atoms with E-state index in [9.17, 15) is 14.4 Å². The van der Waals surface area contributed by atoms with Gasteiger partial charge in [-0.05, 0) is 55.8 Å². The van der Waals surface area contributed by atoms with E-state index in [1.165, 1.54) is 13.8 Å². The van der Waals surface area contributed by atoms with Crippen LogP contribution in [0.4, 0.5) is 11.4 Å². The van der Waals surface area contributed by atoms with Crippen molar-refractivity contribution in [2.45, 2.75) is 20.8 Å². The Morgan fingerprint density at radius 3 is 2.08 bits per heavy atom. The number of rotatable bonds is 6. The molecule has 25 heavy (non-hydrogen) atoms. The van der Waals surface area contributed by atoms with Crippen molar-refractivity contribution in [1.82, 2.24) is 0 Å². The van der Waals surface area contributed by atoms with Crippen LogP contribution in [0.5, 0.6) is 5.75 Å². The lowest BCUT2D eigenvalue weighted by Gasteiger charge is -2.13. The fourth-order valence-corrected chi connectivity index (χ4v) is 2.22. The maximum absolute atomic E-state index is 12.1. The molecular weight excluding hydrogens is 320 g/mol. The Labute approximate surface area is 146 Å². The third kappa shape index (κ3) is 5.17. The maximum Gasteiger partial charge on any atom is 0.262 e. The molecule has 2 amide bonds. The molecule has 6 heteroatoms. The van der Waals surface area contributed by atoms with Crippen molar-refractivity contribution in [2.75, 3.05) is 17.2 Å². The second-order valence-electron chi connectivity index (χ2n) is 5.58. The standard InChI is InChI=1S/C19H20N2O4/c1-12-17(20-14(3)23)5-4-6-18(12)21-19(24)11-25-16-9-7-15(8-10-16)13(2)22/h4-10H,11H2,1-3H3,(H,20,23)(H,21,24). The van der Waals surface area contributed by atoms with Crippen molar-refractivity contribution < 1.29 is 19.1 Å². The monoisotopic (exact) mass is 340 g/mol. The molecule has 0 atom stereocenters. The van der Waals surface area contributed by atoms with E-state index in [1.807, 2.05) is 6.92 Å². The normalized spacial score (nSPS) is 10.0. The smallest absolute Gasteiger partial charge is 0.262 e. The summed E-state index contributed by atoms with van der Waals surface area (Å²) < 4.78 is 5.42. The second-order valence-corrected chi connectivity index (χ2v) is 5.58. The molecule has 0 heterocycles. The highest BCUT2D eigenvalue weighted by Gasteiger charge is 2.09. The van der Waals surface area contributed by atoms with E-state index in [-0.39, 0.29) is 24.2 Å². The lowest BCUT2D eigenvalue weighted by atomic mass is 10.1. The van der Waals surface area contributed by atoms with Gasteiger partial charge in [0.2, 0.25) is 5.91 Å². The van der Waals surface area contributed by atoms with E-state index in [4.69, 9.17) is 4.74 Å².